The topological polar surface area (TPSA) is 8.17 Å². The van der Waals surface area contributed by atoms with Crippen LogP contribution in [-0.4, -0.2) is 4.57 Å². The van der Waals surface area contributed by atoms with Crippen LogP contribution in [-0.2, 0) is 5.41 Å². The minimum Gasteiger partial charge on any atom is -0.310 e. The summed E-state index contributed by atoms with van der Waals surface area (Å²) in [5, 5.41) is 7.51. The van der Waals surface area contributed by atoms with Crippen LogP contribution in [0.3, 0.4) is 0 Å². The average Bonchev–Trinajstić information content (AvgIpc) is 3.87. The zero-order chi connectivity index (χ0) is 47.5. The Balaban J connectivity index is 0.00000249. The van der Waals surface area contributed by atoms with Gasteiger partial charge in [-0.15, -0.1) is 0 Å². The molecule has 0 bridgehead atoms. The number of para-hydroxylation sites is 1. The zero-order valence-electron chi connectivity index (χ0n) is 40.6. The number of fused-ring (bicyclic) bond motifs is 9. The molecule has 1 atom stereocenters. The first-order valence-corrected chi connectivity index (χ1v) is 25.1. The number of rotatable bonds is 7. The Labute approximate surface area is 412 Å². The molecule has 11 aromatic rings. The molecule has 70 heavy (non-hydrogen) atoms. The van der Waals surface area contributed by atoms with Gasteiger partial charge in [0.1, 0.15) is 0 Å². The molecule has 338 valence electrons. The van der Waals surface area contributed by atoms with Crippen molar-refractivity contribution in [3.63, 3.8) is 0 Å². The molecule has 2 heteroatoms. The van der Waals surface area contributed by atoms with E-state index in [0.29, 0.717) is 5.92 Å². The zero-order valence-corrected chi connectivity index (χ0v) is 40.6. The Bertz CT molecular complexity index is 3840. The Morgan fingerprint density at radius 1 is 0.471 bits per heavy atom. The highest BCUT2D eigenvalue weighted by molar-refractivity contribution is 6.19. The van der Waals surface area contributed by atoms with Crippen molar-refractivity contribution in [1.82, 2.24) is 4.57 Å². The van der Waals surface area contributed by atoms with Crippen molar-refractivity contribution >= 4 is 66.0 Å². The van der Waals surface area contributed by atoms with E-state index in [1.165, 1.54) is 99.0 Å². The summed E-state index contributed by atoms with van der Waals surface area (Å²) in [4.78, 5) is 2.47. The molecule has 1 unspecified atom stereocenters. The number of aromatic nitrogens is 1. The fraction of sp³-hybridized carbons (Fsp3) is 0.118. The molecule has 0 N–H and O–H groups in total. The first kappa shape index (κ1) is 43.1. The summed E-state index contributed by atoms with van der Waals surface area (Å²) < 4.78 is 2.49. The summed E-state index contributed by atoms with van der Waals surface area (Å²) in [5.74, 6) is 0.524. The van der Waals surface area contributed by atoms with E-state index in [2.05, 4.69) is 261 Å². The van der Waals surface area contributed by atoms with E-state index in [-0.39, 0.29) is 5.41 Å². The van der Waals surface area contributed by atoms with Gasteiger partial charge in [-0.25, -0.2) is 0 Å². The maximum atomic E-state index is 2.49. The van der Waals surface area contributed by atoms with Gasteiger partial charge in [-0.2, -0.15) is 0 Å². The first-order valence-electron chi connectivity index (χ1n) is 25.1. The Kier molecular flexibility index (Phi) is 10.7. The molecule has 1 heterocycles. The van der Waals surface area contributed by atoms with Crippen LogP contribution in [0.1, 0.15) is 57.7 Å². The van der Waals surface area contributed by atoms with Crippen molar-refractivity contribution < 1.29 is 0 Å². The Morgan fingerprint density at radius 3 is 1.83 bits per heavy atom. The van der Waals surface area contributed by atoms with Crippen molar-refractivity contribution in [2.45, 2.75) is 46.5 Å². The van der Waals surface area contributed by atoms with Gasteiger partial charge in [0.05, 0.1) is 11.0 Å². The number of hydrogen-bond donors (Lipinski definition) is 0. The number of allylic oxidation sites excluding steroid dienone is 4. The molecule has 0 saturated carbocycles. The molecule has 1 aromatic heterocycles. The van der Waals surface area contributed by atoms with Crippen molar-refractivity contribution in [2.24, 2.45) is 5.92 Å². The predicted octanol–water partition coefficient (Wildman–Crippen LogP) is 19.2. The van der Waals surface area contributed by atoms with E-state index >= 15 is 0 Å². The Morgan fingerprint density at radius 2 is 1.07 bits per heavy atom. The number of hydrogen-bond acceptors (Lipinski definition) is 1. The summed E-state index contributed by atoms with van der Waals surface area (Å²) in [6.07, 6.45) is 8.08. The summed E-state index contributed by atoms with van der Waals surface area (Å²) in [7, 11) is 0. The van der Waals surface area contributed by atoms with E-state index < -0.39 is 0 Å². The first-order chi connectivity index (χ1) is 34.4. The van der Waals surface area contributed by atoms with Gasteiger partial charge in [0.2, 0.25) is 0 Å². The third-order valence-corrected chi connectivity index (χ3v) is 14.8. The number of anilines is 3. The highest BCUT2D eigenvalue weighted by Crippen LogP contribution is 2.55. The van der Waals surface area contributed by atoms with Crippen LogP contribution in [0.4, 0.5) is 17.1 Å². The molecule has 0 spiro atoms. The largest absolute Gasteiger partial charge is 0.310 e. The van der Waals surface area contributed by atoms with Crippen molar-refractivity contribution in [3.05, 3.63) is 247 Å². The molecule has 2 aliphatic rings. The third kappa shape index (κ3) is 7.09. The normalized spacial score (nSPS) is 14.6. The van der Waals surface area contributed by atoms with E-state index in [4.69, 9.17) is 0 Å². The molecule has 2 nitrogen and oxygen atoms in total. The molecule has 0 aliphatic heterocycles. The van der Waals surface area contributed by atoms with E-state index in [1.54, 1.807) is 0 Å². The minimum atomic E-state index is -0.234. The third-order valence-electron chi connectivity index (χ3n) is 14.8. The van der Waals surface area contributed by atoms with Gasteiger partial charge in [0.15, 0.2) is 0 Å². The van der Waals surface area contributed by atoms with Gasteiger partial charge >= 0.3 is 0 Å². The molecular formula is C68H56N2. The van der Waals surface area contributed by atoms with Crippen LogP contribution in [0.25, 0.3) is 88.0 Å². The predicted molar refractivity (Wildman–Crippen MR) is 301 cm³/mol. The van der Waals surface area contributed by atoms with E-state index in [0.717, 1.165) is 29.2 Å². The van der Waals surface area contributed by atoms with Gasteiger partial charge < -0.3 is 9.47 Å². The lowest BCUT2D eigenvalue weighted by Gasteiger charge is -2.30. The van der Waals surface area contributed by atoms with Crippen LogP contribution in [0, 0.1) is 5.92 Å². The van der Waals surface area contributed by atoms with Crippen LogP contribution in [0.5, 0.6) is 0 Å². The Hall–Kier alpha value is -8.20. The molecular weight excluding hydrogens is 845 g/mol. The lowest BCUT2D eigenvalue weighted by Crippen LogP contribution is -2.17. The van der Waals surface area contributed by atoms with Gasteiger partial charge in [-0.05, 0) is 139 Å². The molecule has 0 radical (unpaired) electrons. The van der Waals surface area contributed by atoms with Gasteiger partial charge in [-0.1, -0.05) is 211 Å². The van der Waals surface area contributed by atoms with Gasteiger partial charge in [0, 0.05) is 44.3 Å². The van der Waals surface area contributed by atoms with Crippen molar-refractivity contribution in [1.29, 1.82) is 0 Å². The van der Waals surface area contributed by atoms with E-state index in [1.807, 2.05) is 13.8 Å². The average molecular weight is 901 g/mol. The molecule has 13 rings (SSSR count). The fourth-order valence-corrected chi connectivity index (χ4v) is 11.6. The monoisotopic (exact) mass is 900 g/mol. The van der Waals surface area contributed by atoms with E-state index in [9.17, 15) is 0 Å². The van der Waals surface area contributed by atoms with Crippen LogP contribution in [0.2, 0.25) is 0 Å². The smallest absolute Gasteiger partial charge is 0.0619 e. The summed E-state index contributed by atoms with van der Waals surface area (Å²) >= 11 is 0. The maximum absolute atomic E-state index is 2.49. The summed E-state index contributed by atoms with van der Waals surface area (Å²) in [6, 6.07) is 79.1. The fourth-order valence-electron chi connectivity index (χ4n) is 11.6. The minimum absolute atomic E-state index is 0.234. The summed E-state index contributed by atoms with van der Waals surface area (Å²) in [5.41, 5.74) is 19.4. The molecule has 0 fully saturated rings. The van der Waals surface area contributed by atoms with Crippen molar-refractivity contribution in [2.75, 3.05) is 4.90 Å². The second-order valence-electron chi connectivity index (χ2n) is 19.4. The van der Waals surface area contributed by atoms with Crippen LogP contribution in [0.15, 0.2) is 231 Å². The van der Waals surface area contributed by atoms with Crippen LogP contribution >= 0.6 is 0 Å². The SMILES string of the molecule is CC.CC1C=C(c2ccc(N(c3ccc(-c4cccc5ccccc45)cc3)c3cc(-c4ccc5c6ccc7ccccc7c6n(-c6ccccc6)c5c4)c4c(c3)-c3ccccc3C4(C)C)cc2)C=CC1. The van der Waals surface area contributed by atoms with Gasteiger partial charge in [0.25, 0.3) is 0 Å². The molecule has 2 aliphatic carbocycles. The van der Waals surface area contributed by atoms with Gasteiger partial charge in [-0.3, -0.25) is 0 Å². The quantitative estimate of drug-likeness (QED) is 0.155. The molecule has 10 aromatic carbocycles. The lowest BCUT2D eigenvalue weighted by molar-refractivity contribution is 0.662. The lowest BCUT2D eigenvalue weighted by atomic mass is 9.78. The van der Waals surface area contributed by atoms with Crippen LogP contribution < -0.4 is 4.90 Å². The second-order valence-corrected chi connectivity index (χ2v) is 19.4. The van der Waals surface area contributed by atoms with Crippen molar-refractivity contribution in [3.8, 4) is 39.1 Å². The number of nitrogens with zero attached hydrogens (tertiary/aromatic N) is 2. The molecule has 0 saturated heterocycles. The highest BCUT2D eigenvalue weighted by atomic mass is 15.1. The highest BCUT2D eigenvalue weighted by Gasteiger charge is 2.38. The second kappa shape index (κ2) is 17.4. The summed E-state index contributed by atoms with van der Waals surface area (Å²) in [6.45, 7) is 11.1. The molecule has 0 amide bonds. The standard InChI is InChI=1S/C66H50N2.C2H6/c1-43-15-13-19-48(39-43)44-27-33-51(34-28-44)67(52-35-29-47(30-36-52)55-25-14-18-45-16-7-9-22-54(45)55)53-41-60(64-61(42-53)57-24-11-12-26-62(57)66(64,2)3)49-32-37-58-59-38-31-46-17-8-10-23-56(46)65(59)68(63(58)40-49)50-20-5-4-6-21-50;1-2/h4-14,16-43H,15H2,1-3H3;1-2H3. The number of benzene rings is 10. The maximum Gasteiger partial charge on any atom is 0.0619 e.